The molecule has 0 aliphatic rings. The number of hydrogen-bond donors (Lipinski definition) is 0. The third-order valence-corrected chi connectivity index (χ3v) is 2.99. The Hall–Kier alpha value is -0.610. The lowest BCUT2D eigenvalue weighted by Gasteiger charge is -2.14. The van der Waals surface area contributed by atoms with Crippen LogP contribution in [0.2, 0.25) is 5.02 Å². The van der Waals surface area contributed by atoms with Crippen molar-refractivity contribution in [1.82, 2.24) is 0 Å². The molecule has 88 valence electrons. The topological polar surface area (TPSA) is 26.3 Å². The smallest absolute Gasteiger partial charge is 0.172 e. The van der Waals surface area contributed by atoms with Crippen LogP contribution in [-0.2, 0) is 4.79 Å². The normalized spacial score (nSPS) is 12.3. The van der Waals surface area contributed by atoms with Crippen LogP contribution in [0.15, 0.2) is 16.6 Å². The van der Waals surface area contributed by atoms with Crippen LogP contribution < -0.4 is 4.74 Å². The number of rotatable bonds is 4. The zero-order chi connectivity index (χ0) is 12.3. The Morgan fingerprint density at radius 2 is 2.25 bits per heavy atom. The number of ether oxygens (including phenoxy) is 1. The van der Waals surface area contributed by atoms with Crippen molar-refractivity contribution in [1.29, 1.82) is 0 Å². The van der Waals surface area contributed by atoms with Gasteiger partial charge in [0.1, 0.15) is 11.6 Å². The van der Waals surface area contributed by atoms with Gasteiger partial charge < -0.3 is 4.74 Å². The highest BCUT2D eigenvalue weighted by Crippen LogP contribution is 2.31. The number of Topliss-reactive ketones (excluding diaryl/α,β-unsaturated/α-hetero) is 1. The second-order valence-electron chi connectivity index (χ2n) is 3.28. The van der Waals surface area contributed by atoms with E-state index in [2.05, 4.69) is 15.9 Å². The van der Waals surface area contributed by atoms with Crippen LogP contribution in [0.4, 0.5) is 4.39 Å². The predicted octanol–water partition coefficient (Wildman–Crippen LogP) is 3.99. The summed E-state index contributed by atoms with van der Waals surface area (Å²) < 4.78 is 19.0. The second-order valence-corrected chi connectivity index (χ2v) is 4.54. The van der Waals surface area contributed by atoms with Crippen LogP contribution in [0, 0.1) is 5.82 Å². The molecular formula is C11H11BrClFO2. The number of carbonyl (C=O) groups is 1. The van der Waals surface area contributed by atoms with E-state index in [1.807, 2.05) is 0 Å². The molecule has 0 saturated heterocycles. The predicted molar refractivity (Wildman–Crippen MR) is 64.5 cm³/mol. The molecule has 0 heterocycles. The van der Waals surface area contributed by atoms with Crippen molar-refractivity contribution in [3.8, 4) is 5.75 Å². The van der Waals surface area contributed by atoms with E-state index in [1.54, 1.807) is 13.8 Å². The zero-order valence-corrected chi connectivity index (χ0v) is 11.2. The van der Waals surface area contributed by atoms with Gasteiger partial charge in [0.15, 0.2) is 11.9 Å². The molecule has 1 unspecified atom stereocenters. The van der Waals surface area contributed by atoms with Crippen molar-refractivity contribution in [3.05, 3.63) is 27.4 Å². The van der Waals surface area contributed by atoms with Crippen molar-refractivity contribution >= 4 is 33.3 Å². The molecule has 0 radical (unpaired) electrons. The lowest BCUT2D eigenvalue weighted by molar-refractivity contribution is -0.124. The summed E-state index contributed by atoms with van der Waals surface area (Å²) >= 11 is 8.78. The van der Waals surface area contributed by atoms with Crippen molar-refractivity contribution < 1.29 is 13.9 Å². The summed E-state index contributed by atoms with van der Waals surface area (Å²) in [5, 5.41) is 0.00805. The fourth-order valence-corrected chi connectivity index (χ4v) is 1.87. The molecule has 0 N–H and O–H groups in total. The molecule has 1 atom stereocenters. The third-order valence-electron chi connectivity index (χ3n) is 2.08. The van der Waals surface area contributed by atoms with E-state index in [9.17, 15) is 9.18 Å². The number of hydrogen-bond acceptors (Lipinski definition) is 2. The van der Waals surface area contributed by atoms with Gasteiger partial charge in [-0.1, -0.05) is 18.5 Å². The molecule has 0 bridgehead atoms. The highest BCUT2D eigenvalue weighted by molar-refractivity contribution is 9.10. The van der Waals surface area contributed by atoms with Gasteiger partial charge >= 0.3 is 0 Å². The van der Waals surface area contributed by atoms with Gasteiger partial charge in [0, 0.05) is 12.5 Å². The van der Waals surface area contributed by atoms with E-state index >= 15 is 0 Å². The quantitative estimate of drug-likeness (QED) is 0.786. The number of carbonyl (C=O) groups excluding carboxylic acids is 1. The average Bonchev–Trinajstić information content (AvgIpc) is 2.24. The summed E-state index contributed by atoms with van der Waals surface area (Å²) in [6, 6.07) is 2.56. The largest absolute Gasteiger partial charge is 0.482 e. The highest BCUT2D eigenvalue weighted by atomic mass is 79.9. The minimum atomic E-state index is -0.595. The van der Waals surface area contributed by atoms with Gasteiger partial charge in [0.25, 0.3) is 0 Å². The molecular weight excluding hydrogens is 298 g/mol. The second kappa shape index (κ2) is 5.64. The molecule has 0 aliphatic heterocycles. The minimum absolute atomic E-state index is 0.00805. The van der Waals surface area contributed by atoms with E-state index < -0.39 is 11.9 Å². The molecule has 0 fully saturated rings. The molecule has 16 heavy (non-hydrogen) atoms. The van der Waals surface area contributed by atoms with Gasteiger partial charge in [-0.2, -0.15) is 0 Å². The fraction of sp³-hybridized carbons (Fsp3) is 0.364. The van der Waals surface area contributed by atoms with Crippen molar-refractivity contribution in [2.24, 2.45) is 0 Å². The molecule has 0 spiro atoms. The lowest BCUT2D eigenvalue weighted by atomic mass is 10.2. The van der Waals surface area contributed by atoms with E-state index in [0.717, 1.165) is 6.07 Å². The Morgan fingerprint density at radius 1 is 1.62 bits per heavy atom. The molecule has 2 nitrogen and oxygen atoms in total. The molecule has 5 heteroatoms. The summed E-state index contributed by atoms with van der Waals surface area (Å²) in [5.41, 5.74) is 0. The summed E-state index contributed by atoms with van der Waals surface area (Å²) in [4.78, 5) is 11.3. The van der Waals surface area contributed by atoms with E-state index in [-0.39, 0.29) is 16.6 Å². The molecule has 0 aromatic heterocycles. The molecule has 1 aromatic rings. The van der Waals surface area contributed by atoms with Crippen molar-refractivity contribution in [3.63, 3.8) is 0 Å². The van der Waals surface area contributed by atoms with Crippen molar-refractivity contribution in [2.75, 3.05) is 0 Å². The van der Waals surface area contributed by atoms with Gasteiger partial charge in [0.05, 0.1) is 9.50 Å². The molecule has 1 aromatic carbocycles. The Bertz CT molecular complexity index is 409. The maximum absolute atomic E-state index is 13.2. The third kappa shape index (κ3) is 3.19. The highest BCUT2D eigenvalue weighted by Gasteiger charge is 2.15. The van der Waals surface area contributed by atoms with Crippen LogP contribution in [-0.4, -0.2) is 11.9 Å². The van der Waals surface area contributed by atoms with Crippen molar-refractivity contribution in [2.45, 2.75) is 26.4 Å². The average molecular weight is 310 g/mol. The van der Waals surface area contributed by atoms with Crippen LogP contribution >= 0.6 is 27.5 Å². The number of benzene rings is 1. The molecule has 1 rings (SSSR count). The maximum Gasteiger partial charge on any atom is 0.172 e. The molecule has 0 saturated carbocycles. The van der Waals surface area contributed by atoms with E-state index in [0.29, 0.717) is 10.9 Å². The zero-order valence-electron chi connectivity index (χ0n) is 8.89. The Balaban J connectivity index is 2.89. The summed E-state index contributed by atoms with van der Waals surface area (Å²) in [6.07, 6.45) is -0.212. The first kappa shape index (κ1) is 13.5. The lowest BCUT2D eigenvalue weighted by Crippen LogP contribution is -2.23. The number of ketones is 1. The molecule has 0 aliphatic carbocycles. The first-order valence-electron chi connectivity index (χ1n) is 4.79. The monoisotopic (exact) mass is 308 g/mol. The van der Waals surface area contributed by atoms with Gasteiger partial charge in [0.2, 0.25) is 0 Å². The van der Waals surface area contributed by atoms with E-state index in [4.69, 9.17) is 16.3 Å². The Morgan fingerprint density at radius 3 is 2.81 bits per heavy atom. The van der Waals surface area contributed by atoms with Gasteiger partial charge in [-0.25, -0.2) is 4.39 Å². The molecule has 0 amide bonds. The number of halogens is 3. The SMILES string of the molecule is CCC(=O)C(C)Oc1cc(F)c(Cl)cc1Br. The summed E-state index contributed by atoms with van der Waals surface area (Å²) in [5.74, 6) is -0.338. The van der Waals surface area contributed by atoms with Gasteiger partial charge in [-0.15, -0.1) is 0 Å². The fourth-order valence-electron chi connectivity index (χ4n) is 1.14. The van der Waals surface area contributed by atoms with Crippen LogP contribution in [0.1, 0.15) is 20.3 Å². The Labute approximate surface area is 107 Å². The minimum Gasteiger partial charge on any atom is -0.482 e. The first-order valence-corrected chi connectivity index (χ1v) is 5.96. The van der Waals surface area contributed by atoms with E-state index in [1.165, 1.54) is 6.07 Å². The first-order chi connectivity index (χ1) is 7.45. The Kier molecular flexibility index (Phi) is 4.74. The standard InChI is InChI=1S/C11H11BrClFO2/c1-3-10(15)6(2)16-11-5-9(14)8(13)4-7(11)12/h4-6H,3H2,1-2H3. The van der Waals surface area contributed by atoms with Crippen LogP contribution in [0.3, 0.4) is 0 Å². The van der Waals surface area contributed by atoms with Gasteiger partial charge in [-0.05, 0) is 28.9 Å². The summed E-state index contributed by atoms with van der Waals surface area (Å²) in [6.45, 7) is 3.38. The maximum atomic E-state index is 13.2. The van der Waals surface area contributed by atoms with Crippen LogP contribution in [0.25, 0.3) is 0 Å². The van der Waals surface area contributed by atoms with Gasteiger partial charge in [-0.3, -0.25) is 4.79 Å². The van der Waals surface area contributed by atoms with Crippen LogP contribution in [0.5, 0.6) is 5.75 Å². The summed E-state index contributed by atoms with van der Waals surface area (Å²) in [7, 11) is 0.